The molecule has 1 aliphatic rings. The first-order chi connectivity index (χ1) is 14.4. The quantitative estimate of drug-likeness (QED) is 0.460. The summed E-state index contributed by atoms with van der Waals surface area (Å²) in [5.41, 5.74) is 4.01. The summed E-state index contributed by atoms with van der Waals surface area (Å²) in [5, 5.41) is 0. The zero-order chi connectivity index (χ0) is 21.7. The van der Waals surface area contributed by atoms with Crippen LogP contribution in [0, 0.1) is 12.8 Å². The van der Waals surface area contributed by atoms with Crippen molar-refractivity contribution in [1.82, 2.24) is 0 Å². The number of hydrogen-bond acceptors (Lipinski definition) is 3. The van der Waals surface area contributed by atoms with Gasteiger partial charge in [-0.05, 0) is 55.0 Å². The van der Waals surface area contributed by atoms with E-state index in [0.717, 1.165) is 36.4 Å². The zero-order valence-corrected chi connectivity index (χ0v) is 18.4. The molecule has 1 heterocycles. The Balaban J connectivity index is 1.63. The third-order valence-electron chi connectivity index (χ3n) is 5.59. The summed E-state index contributed by atoms with van der Waals surface area (Å²) < 4.78 is 6.09. The number of nitrogens with zero attached hydrogens (tertiary/aromatic N) is 2. The van der Waals surface area contributed by atoms with Crippen LogP contribution in [0.3, 0.4) is 0 Å². The minimum atomic E-state index is -0.236. The summed E-state index contributed by atoms with van der Waals surface area (Å²) in [4.78, 5) is 28.0. The molecular formula is C25H32N2O3. The van der Waals surface area contributed by atoms with Crippen molar-refractivity contribution in [1.29, 1.82) is 0 Å². The molecule has 1 aliphatic heterocycles. The molecule has 3 rings (SSSR count). The third-order valence-corrected chi connectivity index (χ3v) is 5.59. The fourth-order valence-electron chi connectivity index (χ4n) is 3.92. The van der Waals surface area contributed by atoms with Crippen molar-refractivity contribution in [2.45, 2.75) is 46.5 Å². The molecule has 0 fully saturated rings. The van der Waals surface area contributed by atoms with Gasteiger partial charge < -0.3 is 14.5 Å². The van der Waals surface area contributed by atoms with Crippen LogP contribution in [0.25, 0.3) is 0 Å². The van der Waals surface area contributed by atoms with Crippen LogP contribution in [0.2, 0.25) is 0 Å². The average Bonchev–Trinajstić information content (AvgIpc) is 2.83. The number of para-hydroxylation sites is 2. The Morgan fingerprint density at radius 2 is 1.87 bits per heavy atom. The van der Waals surface area contributed by atoms with E-state index in [1.165, 1.54) is 11.1 Å². The van der Waals surface area contributed by atoms with Crippen molar-refractivity contribution in [2.75, 3.05) is 29.5 Å². The van der Waals surface area contributed by atoms with Gasteiger partial charge in [0, 0.05) is 13.1 Å². The lowest BCUT2D eigenvalue weighted by molar-refractivity contribution is -0.121. The van der Waals surface area contributed by atoms with E-state index in [9.17, 15) is 9.59 Å². The summed E-state index contributed by atoms with van der Waals surface area (Å²) in [6.07, 6.45) is 2.49. The largest absolute Gasteiger partial charge is 0.493 e. The van der Waals surface area contributed by atoms with Crippen LogP contribution in [0.15, 0.2) is 42.5 Å². The van der Waals surface area contributed by atoms with E-state index in [4.69, 9.17) is 4.74 Å². The number of benzene rings is 2. The van der Waals surface area contributed by atoms with Crippen molar-refractivity contribution in [2.24, 2.45) is 5.92 Å². The van der Waals surface area contributed by atoms with Crippen molar-refractivity contribution < 1.29 is 14.3 Å². The van der Waals surface area contributed by atoms with E-state index >= 15 is 0 Å². The molecule has 2 aromatic rings. The molecule has 0 N–H and O–H groups in total. The molecule has 1 unspecified atom stereocenters. The number of carbonyl (C=O) groups is 2. The van der Waals surface area contributed by atoms with E-state index in [-0.39, 0.29) is 11.8 Å². The molecule has 0 saturated carbocycles. The molecule has 0 spiro atoms. The molecule has 0 radical (unpaired) electrons. The van der Waals surface area contributed by atoms with Crippen LogP contribution in [0.1, 0.15) is 50.7 Å². The van der Waals surface area contributed by atoms with Gasteiger partial charge in [-0.25, -0.2) is 0 Å². The molecule has 0 saturated heterocycles. The summed E-state index contributed by atoms with van der Waals surface area (Å²) >= 11 is 0. The van der Waals surface area contributed by atoms with Gasteiger partial charge in [-0.15, -0.1) is 0 Å². The summed E-state index contributed by atoms with van der Waals surface area (Å²) in [7, 11) is 0. The number of anilines is 2. The number of hydrogen-bond donors (Lipinski definition) is 0. The molecule has 0 bridgehead atoms. The van der Waals surface area contributed by atoms with Gasteiger partial charge in [0.25, 0.3) is 0 Å². The number of amides is 2. The fourth-order valence-corrected chi connectivity index (χ4v) is 3.92. The van der Waals surface area contributed by atoms with Crippen LogP contribution >= 0.6 is 0 Å². The first kappa shape index (κ1) is 21.9. The standard InChI is InChI=1S/C25H32N2O3/c1-18(2)21-12-11-19(3)15-24(21)30-14-8-7-13-27-23-10-6-5-9-22(23)26(17-28)16-20(4)25(27)29/h5-6,9-12,15,17-18,20H,7-8,13-14,16H2,1-4H3. The van der Waals surface area contributed by atoms with E-state index < -0.39 is 0 Å². The number of ether oxygens (including phenoxy) is 1. The van der Waals surface area contributed by atoms with Crippen LogP contribution < -0.4 is 14.5 Å². The van der Waals surface area contributed by atoms with Crippen LogP contribution in [0.5, 0.6) is 5.75 Å². The Kier molecular flexibility index (Phi) is 7.14. The number of aryl methyl sites for hydroxylation is 1. The van der Waals surface area contributed by atoms with Gasteiger partial charge in [0.1, 0.15) is 5.75 Å². The minimum Gasteiger partial charge on any atom is -0.493 e. The van der Waals surface area contributed by atoms with E-state index in [1.54, 1.807) is 4.90 Å². The number of unbranched alkanes of at least 4 members (excludes halogenated alkanes) is 1. The molecule has 30 heavy (non-hydrogen) atoms. The number of fused-ring (bicyclic) bond motifs is 1. The first-order valence-electron chi connectivity index (χ1n) is 10.8. The fraction of sp³-hybridized carbons (Fsp3) is 0.440. The van der Waals surface area contributed by atoms with E-state index in [0.29, 0.717) is 25.6 Å². The molecule has 5 nitrogen and oxygen atoms in total. The maximum atomic E-state index is 13.0. The normalized spacial score (nSPS) is 16.4. The molecule has 160 valence electrons. The Morgan fingerprint density at radius 3 is 2.57 bits per heavy atom. The second kappa shape index (κ2) is 9.79. The van der Waals surface area contributed by atoms with Crippen LogP contribution in [-0.2, 0) is 9.59 Å². The maximum Gasteiger partial charge on any atom is 0.231 e. The number of rotatable bonds is 8. The van der Waals surface area contributed by atoms with Crippen molar-refractivity contribution in [3.63, 3.8) is 0 Å². The monoisotopic (exact) mass is 408 g/mol. The Morgan fingerprint density at radius 1 is 1.13 bits per heavy atom. The van der Waals surface area contributed by atoms with Gasteiger partial charge >= 0.3 is 0 Å². The van der Waals surface area contributed by atoms with Gasteiger partial charge in [0.15, 0.2) is 0 Å². The molecule has 2 aromatic carbocycles. The highest BCUT2D eigenvalue weighted by Crippen LogP contribution is 2.33. The predicted octanol–water partition coefficient (Wildman–Crippen LogP) is 4.92. The Hall–Kier alpha value is -2.82. The molecule has 0 aliphatic carbocycles. The molecule has 2 amide bonds. The third kappa shape index (κ3) is 4.84. The molecule has 1 atom stereocenters. The molecule has 0 aromatic heterocycles. The highest BCUT2D eigenvalue weighted by Gasteiger charge is 2.30. The van der Waals surface area contributed by atoms with Crippen LogP contribution in [0.4, 0.5) is 11.4 Å². The van der Waals surface area contributed by atoms with Gasteiger partial charge in [-0.3, -0.25) is 9.59 Å². The lowest BCUT2D eigenvalue weighted by Crippen LogP contribution is -2.37. The average molecular weight is 409 g/mol. The maximum absolute atomic E-state index is 13.0. The van der Waals surface area contributed by atoms with E-state index in [1.807, 2.05) is 36.1 Å². The highest BCUT2D eigenvalue weighted by atomic mass is 16.5. The lowest BCUT2D eigenvalue weighted by atomic mass is 10.0. The predicted molar refractivity (Wildman–Crippen MR) is 121 cm³/mol. The van der Waals surface area contributed by atoms with Crippen molar-refractivity contribution >= 4 is 23.7 Å². The van der Waals surface area contributed by atoms with Gasteiger partial charge in [0.05, 0.1) is 23.9 Å². The molecule has 5 heteroatoms. The SMILES string of the molecule is Cc1ccc(C(C)C)c(OCCCCN2C(=O)C(C)CN(C=O)c3ccccc32)c1. The second-order valence-corrected chi connectivity index (χ2v) is 8.39. The van der Waals surface area contributed by atoms with Crippen molar-refractivity contribution in [3.05, 3.63) is 53.6 Å². The second-order valence-electron chi connectivity index (χ2n) is 8.39. The van der Waals surface area contributed by atoms with Crippen LogP contribution in [-0.4, -0.2) is 32.0 Å². The zero-order valence-electron chi connectivity index (χ0n) is 18.4. The van der Waals surface area contributed by atoms with Gasteiger partial charge in [-0.1, -0.05) is 45.0 Å². The van der Waals surface area contributed by atoms with E-state index in [2.05, 4.69) is 39.0 Å². The summed E-state index contributed by atoms with van der Waals surface area (Å²) in [5.74, 6) is 1.19. The first-order valence-corrected chi connectivity index (χ1v) is 10.8. The highest BCUT2D eigenvalue weighted by molar-refractivity contribution is 6.02. The Bertz CT molecular complexity index is 894. The topological polar surface area (TPSA) is 49.9 Å². The molecular weight excluding hydrogens is 376 g/mol. The van der Waals surface area contributed by atoms with Gasteiger partial charge in [0.2, 0.25) is 12.3 Å². The smallest absolute Gasteiger partial charge is 0.231 e. The summed E-state index contributed by atoms with van der Waals surface area (Å²) in [6.45, 7) is 9.93. The number of carbonyl (C=O) groups excluding carboxylic acids is 2. The van der Waals surface area contributed by atoms with Crippen molar-refractivity contribution in [3.8, 4) is 5.75 Å². The summed E-state index contributed by atoms with van der Waals surface area (Å²) in [6, 6.07) is 14.0. The Labute approximate surface area is 179 Å². The lowest BCUT2D eigenvalue weighted by Gasteiger charge is -2.24. The minimum absolute atomic E-state index is 0.0634. The van der Waals surface area contributed by atoms with Gasteiger partial charge in [-0.2, -0.15) is 0 Å².